The molecule has 0 aromatic carbocycles. The minimum Gasteiger partial charge on any atom is -0.500 e. The molecule has 0 unspecified atom stereocenters. The molecule has 0 N–H and O–H groups in total. The van der Waals surface area contributed by atoms with Gasteiger partial charge in [0.1, 0.15) is 5.76 Å². The van der Waals surface area contributed by atoms with Crippen molar-refractivity contribution in [1.82, 2.24) is 0 Å². The maximum atomic E-state index is 12.0. The monoisotopic (exact) mass is 262 g/mol. The molecule has 0 heterocycles. The lowest BCUT2D eigenvalue weighted by molar-refractivity contribution is -0.128. The summed E-state index contributed by atoms with van der Waals surface area (Å²) >= 11 is 7.38. The fourth-order valence-electron chi connectivity index (χ4n) is 0.380. The second kappa shape index (κ2) is 4.77. The highest BCUT2D eigenvalue weighted by Crippen LogP contribution is 2.21. The van der Waals surface area contributed by atoms with Crippen molar-refractivity contribution in [1.29, 1.82) is 0 Å². The van der Waals surface area contributed by atoms with Gasteiger partial charge in [-0.3, -0.25) is 4.79 Å². The van der Waals surface area contributed by atoms with E-state index in [-0.39, 0.29) is 11.1 Å². The molecule has 0 aromatic heterocycles. The van der Waals surface area contributed by atoms with Gasteiger partial charge in [0.2, 0.25) is 5.78 Å². The fraction of sp³-hybridized carbons (Fsp3) is 0.500. The van der Waals surface area contributed by atoms with E-state index in [1.807, 2.05) is 0 Å². The van der Waals surface area contributed by atoms with Crippen molar-refractivity contribution in [2.45, 2.75) is 5.38 Å². The van der Waals surface area contributed by atoms with Gasteiger partial charge in [-0.2, -0.15) is 8.78 Å². The average molecular weight is 263 g/mol. The van der Waals surface area contributed by atoms with Gasteiger partial charge in [-0.25, -0.2) is 0 Å². The summed E-state index contributed by atoms with van der Waals surface area (Å²) in [5.41, 5.74) is 0. The summed E-state index contributed by atoms with van der Waals surface area (Å²) in [4.78, 5) is 10.5. The number of ether oxygens (including phenoxy) is 1. The van der Waals surface area contributed by atoms with Crippen LogP contribution < -0.4 is 0 Å². The minimum atomic E-state index is -3.86. The molecule has 0 rings (SSSR count). The first-order valence-corrected chi connectivity index (χ1v) is 4.33. The predicted molar refractivity (Wildman–Crippen MR) is 44.7 cm³/mol. The van der Waals surface area contributed by atoms with E-state index in [0.717, 1.165) is 0 Å². The molecule has 0 saturated carbocycles. The first-order valence-electron chi connectivity index (χ1n) is 2.83. The lowest BCUT2D eigenvalue weighted by Crippen LogP contribution is -2.19. The molecule has 0 aliphatic heterocycles. The van der Waals surface area contributed by atoms with E-state index in [2.05, 4.69) is 32.3 Å². The molecular weight excluding hydrogens is 257 g/mol. The van der Waals surface area contributed by atoms with Crippen LogP contribution in [-0.2, 0) is 9.53 Å². The third-order valence-electron chi connectivity index (χ3n) is 0.965. The van der Waals surface area contributed by atoms with Gasteiger partial charge in [0.15, 0.2) is 0 Å². The lowest BCUT2D eigenvalue weighted by Gasteiger charge is -2.04. The number of ketones is 1. The maximum Gasteiger partial charge on any atom is 0.384 e. The predicted octanol–water partition coefficient (Wildman–Crippen LogP) is 2.31. The molecule has 0 saturated heterocycles. The van der Waals surface area contributed by atoms with E-state index in [1.54, 1.807) is 0 Å². The molecule has 0 aliphatic rings. The van der Waals surface area contributed by atoms with E-state index in [4.69, 9.17) is 0 Å². The van der Waals surface area contributed by atoms with Gasteiger partial charge in [-0.1, -0.05) is 15.9 Å². The number of rotatable bonds is 4. The van der Waals surface area contributed by atoms with Crippen LogP contribution in [0.5, 0.6) is 0 Å². The first-order chi connectivity index (χ1) is 5.41. The Hall–Kier alpha value is -0.160. The highest BCUT2D eigenvalue weighted by atomic mass is 79.9. The molecule has 0 atom stereocenters. The number of hydrogen-bond acceptors (Lipinski definition) is 2. The van der Waals surface area contributed by atoms with Crippen molar-refractivity contribution in [2.24, 2.45) is 0 Å². The molecule has 0 spiro atoms. The van der Waals surface area contributed by atoms with E-state index >= 15 is 0 Å². The van der Waals surface area contributed by atoms with Crippen LogP contribution in [0.4, 0.5) is 8.78 Å². The summed E-state index contributed by atoms with van der Waals surface area (Å²) in [6.45, 7) is 0. The van der Waals surface area contributed by atoms with Crippen molar-refractivity contribution in [3.05, 3.63) is 11.8 Å². The van der Waals surface area contributed by atoms with Gasteiger partial charge in [-0.05, 0) is 11.6 Å². The summed E-state index contributed by atoms with van der Waals surface area (Å²) < 4.78 is 28.7. The minimum absolute atomic E-state index is 0.0975. The van der Waals surface area contributed by atoms with Crippen LogP contribution >= 0.6 is 27.5 Å². The molecule has 2 nitrogen and oxygen atoms in total. The number of allylic oxidation sites excluding steroid dienone is 2. The molecule has 0 aliphatic carbocycles. The van der Waals surface area contributed by atoms with Crippen LogP contribution in [0.3, 0.4) is 0 Å². The van der Waals surface area contributed by atoms with Crippen LogP contribution in [0.25, 0.3) is 0 Å². The lowest BCUT2D eigenvalue weighted by atomic mass is 10.3. The van der Waals surface area contributed by atoms with Crippen LogP contribution in [0.15, 0.2) is 11.8 Å². The number of alkyl halides is 4. The third-order valence-corrected chi connectivity index (χ3v) is 1.70. The topological polar surface area (TPSA) is 26.3 Å². The Morgan fingerprint density at radius 2 is 2.25 bits per heavy atom. The molecule has 0 aromatic rings. The van der Waals surface area contributed by atoms with Gasteiger partial charge < -0.3 is 4.74 Å². The fourth-order valence-corrected chi connectivity index (χ4v) is 0.825. The number of methoxy groups -OCH3 is 1. The zero-order chi connectivity index (χ0) is 9.78. The molecule has 0 bridgehead atoms. The molecular formula is C6H6BrClF2O2. The summed E-state index contributed by atoms with van der Waals surface area (Å²) in [6.07, 6.45) is 0.655. The molecule has 70 valence electrons. The largest absolute Gasteiger partial charge is 0.500 e. The summed E-state index contributed by atoms with van der Waals surface area (Å²) in [5.74, 6) is -1.39. The zero-order valence-electron chi connectivity index (χ0n) is 6.11. The van der Waals surface area contributed by atoms with E-state index in [1.165, 1.54) is 7.11 Å². The van der Waals surface area contributed by atoms with Gasteiger partial charge in [0.25, 0.3) is 0 Å². The van der Waals surface area contributed by atoms with Gasteiger partial charge in [0, 0.05) is 6.08 Å². The van der Waals surface area contributed by atoms with E-state index in [0.29, 0.717) is 6.08 Å². The highest BCUT2D eigenvalue weighted by molar-refractivity contribution is 9.09. The number of hydrogen-bond donors (Lipinski definition) is 0. The maximum absolute atomic E-state index is 12.0. The van der Waals surface area contributed by atoms with Crippen molar-refractivity contribution in [2.75, 3.05) is 12.4 Å². The van der Waals surface area contributed by atoms with Crippen LogP contribution in [0.1, 0.15) is 0 Å². The Morgan fingerprint density at radius 3 is 2.50 bits per heavy atom. The number of carbonyl (C=O) groups is 1. The number of carbonyl (C=O) groups excluding carboxylic acids is 1. The SMILES string of the molecule is CO/C(=C/C(=O)C(F)(F)Cl)CBr. The van der Waals surface area contributed by atoms with Crippen molar-refractivity contribution < 1.29 is 18.3 Å². The third kappa shape index (κ3) is 4.01. The molecule has 12 heavy (non-hydrogen) atoms. The van der Waals surface area contributed by atoms with Gasteiger partial charge >= 0.3 is 5.38 Å². The molecule has 6 heteroatoms. The van der Waals surface area contributed by atoms with Crippen molar-refractivity contribution in [3.63, 3.8) is 0 Å². The molecule has 0 fully saturated rings. The zero-order valence-corrected chi connectivity index (χ0v) is 8.45. The van der Waals surface area contributed by atoms with Crippen LogP contribution in [0, 0.1) is 0 Å². The van der Waals surface area contributed by atoms with E-state index in [9.17, 15) is 13.6 Å². The standard InChI is InChI=1S/C6H6BrClF2O2/c1-12-4(3-7)2-5(11)6(8,9)10/h2H,3H2,1H3/b4-2+. The Balaban J connectivity index is 4.42. The normalized spacial score (nSPS) is 12.9. The van der Waals surface area contributed by atoms with Crippen LogP contribution in [-0.4, -0.2) is 23.6 Å². The second-order valence-electron chi connectivity index (χ2n) is 1.81. The average Bonchev–Trinajstić information content (AvgIpc) is 1.97. The summed E-state index contributed by atoms with van der Waals surface area (Å²) in [7, 11) is 1.27. The van der Waals surface area contributed by atoms with Crippen molar-refractivity contribution >= 4 is 33.3 Å². The molecule has 0 amide bonds. The second-order valence-corrected chi connectivity index (χ2v) is 2.85. The Morgan fingerprint density at radius 1 is 1.75 bits per heavy atom. The van der Waals surface area contributed by atoms with Gasteiger partial charge in [-0.15, -0.1) is 0 Å². The van der Waals surface area contributed by atoms with E-state index < -0.39 is 11.2 Å². The Bertz CT molecular complexity index is 194. The summed E-state index contributed by atoms with van der Waals surface area (Å²) in [5, 5.41) is -3.67. The number of halogens is 4. The first kappa shape index (κ1) is 11.8. The Kier molecular flexibility index (Phi) is 4.70. The summed E-state index contributed by atoms with van der Waals surface area (Å²) in [6, 6.07) is 0. The van der Waals surface area contributed by atoms with Gasteiger partial charge in [0.05, 0.1) is 12.4 Å². The van der Waals surface area contributed by atoms with Crippen LogP contribution in [0.2, 0.25) is 0 Å². The quantitative estimate of drug-likeness (QED) is 0.442. The smallest absolute Gasteiger partial charge is 0.384 e. The molecule has 0 radical (unpaired) electrons. The highest BCUT2D eigenvalue weighted by Gasteiger charge is 2.34. The van der Waals surface area contributed by atoms with Crippen molar-refractivity contribution in [3.8, 4) is 0 Å². The Labute approximate surface area is 81.7 Å².